The van der Waals surface area contributed by atoms with Crippen LogP contribution in [0.5, 0.6) is 0 Å². The van der Waals surface area contributed by atoms with Gasteiger partial charge in [-0.15, -0.1) is 10.2 Å². The summed E-state index contributed by atoms with van der Waals surface area (Å²) in [5.74, 6) is 1.78. The second-order valence-electron chi connectivity index (χ2n) is 6.63. The van der Waals surface area contributed by atoms with Gasteiger partial charge in [0.25, 0.3) is 0 Å². The van der Waals surface area contributed by atoms with E-state index in [0.717, 1.165) is 37.6 Å². The van der Waals surface area contributed by atoms with Gasteiger partial charge in [-0.05, 0) is 31.5 Å². The van der Waals surface area contributed by atoms with E-state index in [1.807, 2.05) is 35.4 Å². The number of benzene rings is 1. The lowest BCUT2D eigenvalue weighted by atomic mass is 9.99. The predicted molar refractivity (Wildman–Crippen MR) is 91.7 cm³/mol. The molecule has 6 nitrogen and oxygen atoms in total. The third-order valence-electron chi connectivity index (χ3n) is 4.61. The lowest BCUT2D eigenvalue weighted by Crippen LogP contribution is -2.31. The van der Waals surface area contributed by atoms with E-state index in [-0.39, 0.29) is 0 Å². The van der Waals surface area contributed by atoms with Crippen molar-refractivity contribution in [3.05, 3.63) is 60.4 Å². The standard InChI is InChI=1S/C18H22N6/c1-22(10-15-7-8-18-21-19-14-23(18)12-15)11-16-9-20-24(13-16)17-5-3-2-4-6-17/h2-6,9,13-15H,7-8,10-12H2,1H3. The van der Waals surface area contributed by atoms with Crippen molar-refractivity contribution in [2.24, 2.45) is 5.92 Å². The number of rotatable bonds is 5. The summed E-state index contributed by atoms with van der Waals surface area (Å²) in [5.41, 5.74) is 2.33. The van der Waals surface area contributed by atoms with Gasteiger partial charge in [0.15, 0.2) is 0 Å². The Balaban J connectivity index is 1.35. The lowest BCUT2D eigenvalue weighted by molar-refractivity contribution is 0.229. The largest absolute Gasteiger partial charge is 0.317 e. The fourth-order valence-corrected chi connectivity index (χ4v) is 3.46. The molecule has 3 aromatic rings. The van der Waals surface area contributed by atoms with E-state index >= 15 is 0 Å². The maximum atomic E-state index is 4.48. The molecule has 0 aliphatic carbocycles. The summed E-state index contributed by atoms with van der Waals surface area (Å²) in [6.45, 7) is 3.02. The van der Waals surface area contributed by atoms with Gasteiger partial charge in [-0.2, -0.15) is 5.10 Å². The number of fused-ring (bicyclic) bond motifs is 1. The summed E-state index contributed by atoms with van der Waals surface area (Å²) >= 11 is 0. The van der Waals surface area contributed by atoms with Crippen molar-refractivity contribution in [1.82, 2.24) is 29.4 Å². The van der Waals surface area contributed by atoms with Crippen LogP contribution in [0.25, 0.3) is 5.69 Å². The van der Waals surface area contributed by atoms with Crippen LogP contribution in [-0.4, -0.2) is 43.0 Å². The molecule has 0 radical (unpaired) electrons. The van der Waals surface area contributed by atoms with E-state index in [9.17, 15) is 0 Å². The predicted octanol–water partition coefficient (Wildman–Crippen LogP) is 2.16. The van der Waals surface area contributed by atoms with Crippen molar-refractivity contribution in [2.45, 2.75) is 25.9 Å². The van der Waals surface area contributed by atoms with Gasteiger partial charge in [0.1, 0.15) is 12.2 Å². The summed E-state index contributed by atoms with van der Waals surface area (Å²) in [7, 11) is 2.18. The minimum Gasteiger partial charge on any atom is -0.317 e. The van der Waals surface area contributed by atoms with Crippen LogP contribution in [-0.2, 0) is 19.5 Å². The molecule has 0 N–H and O–H groups in total. The summed E-state index contributed by atoms with van der Waals surface area (Å²) in [5, 5.41) is 12.6. The van der Waals surface area contributed by atoms with Gasteiger partial charge in [0.2, 0.25) is 0 Å². The maximum Gasteiger partial charge on any atom is 0.132 e. The normalized spacial score (nSPS) is 17.2. The highest BCUT2D eigenvalue weighted by atomic mass is 15.3. The van der Waals surface area contributed by atoms with Crippen LogP contribution in [0.15, 0.2) is 49.1 Å². The third-order valence-corrected chi connectivity index (χ3v) is 4.61. The first-order chi connectivity index (χ1) is 11.8. The molecule has 0 bridgehead atoms. The topological polar surface area (TPSA) is 51.8 Å². The zero-order valence-electron chi connectivity index (χ0n) is 13.9. The van der Waals surface area contributed by atoms with Gasteiger partial charge < -0.3 is 9.47 Å². The van der Waals surface area contributed by atoms with Crippen molar-refractivity contribution < 1.29 is 0 Å². The summed E-state index contributed by atoms with van der Waals surface area (Å²) in [6.07, 6.45) is 8.15. The Bertz CT molecular complexity index is 791. The molecule has 0 fully saturated rings. The second kappa shape index (κ2) is 6.57. The van der Waals surface area contributed by atoms with Crippen molar-refractivity contribution in [2.75, 3.05) is 13.6 Å². The molecular weight excluding hydrogens is 300 g/mol. The number of aryl methyl sites for hydroxylation is 1. The van der Waals surface area contributed by atoms with Gasteiger partial charge >= 0.3 is 0 Å². The van der Waals surface area contributed by atoms with Crippen LogP contribution in [0.3, 0.4) is 0 Å². The highest BCUT2D eigenvalue weighted by Gasteiger charge is 2.20. The molecule has 1 aliphatic rings. The third kappa shape index (κ3) is 3.23. The van der Waals surface area contributed by atoms with Crippen molar-refractivity contribution >= 4 is 0 Å². The molecule has 24 heavy (non-hydrogen) atoms. The Kier molecular flexibility index (Phi) is 4.13. The number of hydrogen-bond acceptors (Lipinski definition) is 4. The molecular formula is C18H22N6. The van der Waals surface area contributed by atoms with Crippen molar-refractivity contribution in [3.8, 4) is 5.69 Å². The molecule has 1 unspecified atom stereocenters. The SMILES string of the molecule is CN(Cc1cnn(-c2ccccc2)c1)CC1CCc2nncn2C1. The van der Waals surface area contributed by atoms with Crippen molar-refractivity contribution in [1.29, 1.82) is 0 Å². The van der Waals surface area contributed by atoms with Crippen LogP contribution in [0.4, 0.5) is 0 Å². The Morgan fingerprint density at radius 2 is 2.12 bits per heavy atom. The summed E-state index contributed by atoms with van der Waals surface area (Å²) in [6, 6.07) is 10.2. The van der Waals surface area contributed by atoms with Crippen LogP contribution in [0.1, 0.15) is 17.8 Å². The second-order valence-corrected chi connectivity index (χ2v) is 6.63. The van der Waals surface area contributed by atoms with Crippen LogP contribution >= 0.6 is 0 Å². The maximum absolute atomic E-state index is 4.48. The zero-order valence-corrected chi connectivity index (χ0v) is 13.9. The molecule has 6 heteroatoms. The molecule has 0 spiro atoms. The Hall–Kier alpha value is -2.47. The average molecular weight is 322 g/mol. The Morgan fingerprint density at radius 3 is 3.00 bits per heavy atom. The number of hydrogen-bond donors (Lipinski definition) is 0. The fraction of sp³-hybridized carbons (Fsp3) is 0.389. The lowest BCUT2D eigenvalue weighted by Gasteiger charge is -2.27. The van der Waals surface area contributed by atoms with E-state index in [4.69, 9.17) is 0 Å². The molecule has 3 heterocycles. The molecule has 124 valence electrons. The average Bonchev–Trinajstić information content (AvgIpc) is 3.24. The minimum atomic E-state index is 0.655. The van der Waals surface area contributed by atoms with E-state index in [0.29, 0.717) is 5.92 Å². The first kappa shape index (κ1) is 15.1. The number of aromatic nitrogens is 5. The molecule has 1 aromatic carbocycles. The van der Waals surface area contributed by atoms with Gasteiger partial charge in [0.05, 0.1) is 11.9 Å². The molecule has 4 rings (SSSR count). The summed E-state index contributed by atoms with van der Waals surface area (Å²) in [4.78, 5) is 2.38. The quantitative estimate of drug-likeness (QED) is 0.722. The van der Waals surface area contributed by atoms with Gasteiger partial charge in [0, 0.05) is 37.8 Å². The van der Waals surface area contributed by atoms with E-state index < -0.39 is 0 Å². The van der Waals surface area contributed by atoms with Gasteiger partial charge in [-0.1, -0.05) is 18.2 Å². The van der Waals surface area contributed by atoms with Gasteiger partial charge in [-0.3, -0.25) is 0 Å². The molecule has 2 aromatic heterocycles. The smallest absolute Gasteiger partial charge is 0.132 e. The van der Waals surface area contributed by atoms with Gasteiger partial charge in [-0.25, -0.2) is 4.68 Å². The molecule has 1 atom stereocenters. The Labute approximate surface area is 141 Å². The molecule has 1 aliphatic heterocycles. The minimum absolute atomic E-state index is 0.655. The van der Waals surface area contributed by atoms with E-state index in [2.05, 4.69) is 50.1 Å². The van der Waals surface area contributed by atoms with E-state index in [1.165, 1.54) is 12.0 Å². The Morgan fingerprint density at radius 1 is 1.25 bits per heavy atom. The number of nitrogens with zero attached hydrogens (tertiary/aromatic N) is 6. The monoisotopic (exact) mass is 322 g/mol. The molecule has 0 saturated heterocycles. The van der Waals surface area contributed by atoms with E-state index in [1.54, 1.807) is 0 Å². The molecule has 0 saturated carbocycles. The van der Waals surface area contributed by atoms with Crippen LogP contribution < -0.4 is 0 Å². The molecule has 0 amide bonds. The first-order valence-electron chi connectivity index (χ1n) is 8.42. The van der Waals surface area contributed by atoms with Crippen molar-refractivity contribution in [3.63, 3.8) is 0 Å². The zero-order chi connectivity index (χ0) is 16.4. The van der Waals surface area contributed by atoms with Crippen LogP contribution in [0, 0.1) is 5.92 Å². The first-order valence-corrected chi connectivity index (χ1v) is 8.42. The highest BCUT2D eigenvalue weighted by Crippen LogP contribution is 2.19. The van der Waals surface area contributed by atoms with Crippen LogP contribution in [0.2, 0.25) is 0 Å². The number of para-hydroxylation sites is 1. The summed E-state index contributed by atoms with van der Waals surface area (Å²) < 4.78 is 4.13. The fourth-order valence-electron chi connectivity index (χ4n) is 3.46. The highest BCUT2D eigenvalue weighted by molar-refractivity contribution is 5.30.